The summed E-state index contributed by atoms with van der Waals surface area (Å²) in [6, 6.07) is 25.7. The molecule has 0 spiro atoms. The molecule has 0 aliphatic heterocycles. The van der Waals surface area contributed by atoms with E-state index in [0.717, 1.165) is 22.4 Å². The molecule has 0 aliphatic rings. The number of non-ortho nitro benzene ring substituents is 1. The van der Waals surface area contributed by atoms with Gasteiger partial charge in [-0.05, 0) is 40.6 Å². The second kappa shape index (κ2) is 9.99. The van der Waals surface area contributed by atoms with Crippen LogP contribution in [-0.2, 0) is 6.61 Å². The number of benzene rings is 4. The van der Waals surface area contributed by atoms with Gasteiger partial charge >= 0.3 is 0 Å². The summed E-state index contributed by atoms with van der Waals surface area (Å²) >= 11 is 5.95. The number of carbonyl (C=O) groups is 1. The zero-order valence-corrected chi connectivity index (χ0v) is 18.5. The van der Waals surface area contributed by atoms with Crippen molar-refractivity contribution in [2.75, 3.05) is 0 Å². The first kappa shape index (κ1) is 22.7. The van der Waals surface area contributed by atoms with E-state index in [1.54, 1.807) is 18.2 Å². The number of fused-ring (bicyclic) bond motifs is 1. The van der Waals surface area contributed by atoms with Gasteiger partial charge in [-0.1, -0.05) is 66.2 Å². The maximum absolute atomic E-state index is 13.0. The van der Waals surface area contributed by atoms with E-state index in [4.69, 9.17) is 16.3 Å². The summed E-state index contributed by atoms with van der Waals surface area (Å²) in [5.74, 6) is -0.115. The second-order valence-electron chi connectivity index (χ2n) is 7.42. The number of halogens is 1. The molecule has 0 aliphatic carbocycles. The third-order valence-electron chi connectivity index (χ3n) is 5.21. The van der Waals surface area contributed by atoms with Gasteiger partial charge in [-0.25, -0.2) is 0 Å². The van der Waals surface area contributed by atoms with Crippen molar-refractivity contribution in [3.05, 3.63) is 122 Å². The lowest BCUT2D eigenvalue weighted by Crippen LogP contribution is -2.04. The molecule has 0 unspecified atom stereocenters. The van der Waals surface area contributed by atoms with E-state index in [1.165, 1.54) is 24.3 Å². The summed E-state index contributed by atoms with van der Waals surface area (Å²) in [5, 5.41) is 23.2. The second-order valence-corrected chi connectivity index (χ2v) is 7.86. The van der Waals surface area contributed by atoms with Crippen LogP contribution >= 0.6 is 11.6 Å². The van der Waals surface area contributed by atoms with Crippen molar-refractivity contribution >= 4 is 39.9 Å². The van der Waals surface area contributed by atoms with E-state index in [1.807, 2.05) is 48.5 Å². The monoisotopic (exact) mass is 468 g/mol. The van der Waals surface area contributed by atoms with Crippen LogP contribution in [0.2, 0.25) is 5.02 Å². The molecule has 0 saturated heterocycles. The molecular weight excluding hydrogens is 452 g/mol. The highest BCUT2D eigenvalue weighted by Gasteiger charge is 2.17. The number of rotatable bonds is 7. The fourth-order valence-corrected chi connectivity index (χ4v) is 3.63. The van der Waals surface area contributed by atoms with Gasteiger partial charge in [0.2, 0.25) is 5.78 Å². The van der Waals surface area contributed by atoms with E-state index in [9.17, 15) is 20.2 Å². The molecule has 0 aromatic heterocycles. The highest BCUT2D eigenvalue weighted by Crippen LogP contribution is 2.31. The average Bonchev–Trinajstić information content (AvgIpc) is 2.87. The number of ketones is 1. The number of ether oxygens (including phenoxy) is 1. The predicted molar refractivity (Wildman–Crippen MR) is 131 cm³/mol. The number of nitriles is 1. The Bertz CT molecular complexity index is 1470. The Morgan fingerprint density at radius 2 is 1.79 bits per heavy atom. The Hall–Kier alpha value is -4.47. The molecule has 166 valence electrons. The largest absolute Gasteiger partial charge is 0.488 e. The Kier molecular flexibility index (Phi) is 6.67. The van der Waals surface area contributed by atoms with Crippen LogP contribution in [0.15, 0.2) is 90.5 Å². The molecule has 0 heterocycles. The molecule has 4 aromatic rings. The minimum absolute atomic E-state index is 0.0610. The maximum atomic E-state index is 13.0. The molecule has 0 bridgehead atoms. The van der Waals surface area contributed by atoms with E-state index in [-0.39, 0.29) is 23.4 Å². The van der Waals surface area contributed by atoms with Crippen molar-refractivity contribution in [3.8, 4) is 11.8 Å². The molecule has 6 nitrogen and oxygen atoms in total. The van der Waals surface area contributed by atoms with Crippen molar-refractivity contribution in [2.24, 2.45) is 0 Å². The molecule has 0 amide bonds. The number of nitro benzene ring substituents is 1. The van der Waals surface area contributed by atoms with Gasteiger partial charge in [0.05, 0.1) is 4.92 Å². The average molecular weight is 469 g/mol. The lowest BCUT2D eigenvalue weighted by atomic mass is 9.97. The topological polar surface area (TPSA) is 93.2 Å². The number of carbonyl (C=O) groups excluding carboxylic acids is 1. The van der Waals surface area contributed by atoms with Crippen molar-refractivity contribution < 1.29 is 14.5 Å². The molecule has 4 rings (SSSR count). The molecule has 0 saturated carbocycles. The van der Waals surface area contributed by atoms with Gasteiger partial charge in [0, 0.05) is 28.3 Å². The van der Waals surface area contributed by atoms with Crippen LogP contribution in [0.5, 0.6) is 5.75 Å². The first-order chi connectivity index (χ1) is 16.5. The van der Waals surface area contributed by atoms with Gasteiger partial charge in [0.25, 0.3) is 5.69 Å². The fraction of sp³-hybridized carbons (Fsp3) is 0.0370. The van der Waals surface area contributed by atoms with Crippen molar-refractivity contribution in [1.82, 2.24) is 0 Å². The van der Waals surface area contributed by atoms with Crippen LogP contribution in [0.1, 0.15) is 21.5 Å². The molecule has 4 aromatic carbocycles. The van der Waals surface area contributed by atoms with E-state index < -0.39 is 10.7 Å². The number of allylic oxidation sites excluding steroid dienone is 1. The van der Waals surface area contributed by atoms with Gasteiger partial charge in [0.15, 0.2) is 0 Å². The molecular formula is C27H17ClN2O4. The number of nitrogens with zero attached hydrogens (tertiary/aromatic N) is 2. The minimum Gasteiger partial charge on any atom is -0.488 e. The van der Waals surface area contributed by atoms with Gasteiger partial charge in [-0.3, -0.25) is 14.9 Å². The number of nitro groups is 1. The summed E-state index contributed by atoms with van der Waals surface area (Å²) in [5.41, 5.74) is 1.16. The van der Waals surface area contributed by atoms with Crippen molar-refractivity contribution in [3.63, 3.8) is 0 Å². The predicted octanol–water partition coefficient (Wildman–Crippen LogP) is 6.77. The molecule has 0 radical (unpaired) electrons. The summed E-state index contributed by atoms with van der Waals surface area (Å²) in [6.45, 7) is 0.261. The number of Topliss-reactive ketones (excluding diaryl/α,β-unsaturated/α-hetero) is 1. The van der Waals surface area contributed by atoms with E-state index >= 15 is 0 Å². The summed E-state index contributed by atoms with van der Waals surface area (Å²) < 4.78 is 6.05. The van der Waals surface area contributed by atoms with Crippen LogP contribution in [0, 0.1) is 21.4 Å². The third-order valence-corrected chi connectivity index (χ3v) is 5.46. The first-order valence-corrected chi connectivity index (χ1v) is 10.6. The van der Waals surface area contributed by atoms with Crippen LogP contribution in [0.25, 0.3) is 16.8 Å². The Labute approximate surface area is 200 Å². The highest BCUT2D eigenvalue weighted by molar-refractivity contribution is 6.30. The lowest BCUT2D eigenvalue weighted by molar-refractivity contribution is -0.384. The maximum Gasteiger partial charge on any atom is 0.270 e. The van der Waals surface area contributed by atoms with E-state index in [2.05, 4.69) is 0 Å². The Morgan fingerprint density at radius 1 is 1.03 bits per heavy atom. The zero-order valence-electron chi connectivity index (χ0n) is 17.8. The molecule has 0 N–H and O–H groups in total. The molecule has 0 fully saturated rings. The zero-order chi connectivity index (χ0) is 24.1. The van der Waals surface area contributed by atoms with E-state index in [0.29, 0.717) is 16.3 Å². The van der Waals surface area contributed by atoms with Crippen molar-refractivity contribution in [2.45, 2.75) is 6.61 Å². The Balaban J connectivity index is 1.76. The Morgan fingerprint density at radius 3 is 2.53 bits per heavy atom. The normalized spacial score (nSPS) is 11.1. The summed E-state index contributed by atoms with van der Waals surface area (Å²) in [7, 11) is 0. The van der Waals surface area contributed by atoms with Crippen LogP contribution in [0.4, 0.5) is 5.69 Å². The van der Waals surface area contributed by atoms with Crippen LogP contribution in [-0.4, -0.2) is 10.7 Å². The number of hydrogen-bond donors (Lipinski definition) is 0. The minimum atomic E-state index is -0.609. The van der Waals surface area contributed by atoms with Gasteiger partial charge in [-0.15, -0.1) is 0 Å². The number of hydrogen-bond acceptors (Lipinski definition) is 5. The smallest absolute Gasteiger partial charge is 0.270 e. The van der Waals surface area contributed by atoms with Crippen molar-refractivity contribution in [1.29, 1.82) is 5.26 Å². The van der Waals surface area contributed by atoms with Gasteiger partial charge < -0.3 is 4.74 Å². The fourth-order valence-electron chi connectivity index (χ4n) is 3.50. The SMILES string of the molecule is N#C/C(=C\c1c(OCc2ccc(Cl)cc2)ccc2ccccc12)C(=O)c1cccc([N+](=O)[O-])c1. The molecule has 34 heavy (non-hydrogen) atoms. The first-order valence-electron chi connectivity index (χ1n) is 10.3. The summed E-state index contributed by atoms with van der Waals surface area (Å²) in [4.78, 5) is 23.6. The standard InChI is InChI=1S/C27H17ClN2O4/c28-22-11-8-18(9-12-22)17-34-26-13-10-19-4-1-2-7-24(19)25(26)15-21(16-29)27(31)20-5-3-6-23(14-20)30(32)33/h1-15H,17H2/b21-15+. The van der Waals surface area contributed by atoms with Crippen LogP contribution < -0.4 is 4.74 Å². The highest BCUT2D eigenvalue weighted by atomic mass is 35.5. The summed E-state index contributed by atoms with van der Waals surface area (Å²) in [6.07, 6.45) is 1.47. The molecule has 7 heteroatoms. The third kappa shape index (κ3) is 4.96. The molecule has 0 atom stereocenters. The van der Waals surface area contributed by atoms with Gasteiger partial charge in [-0.2, -0.15) is 5.26 Å². The van der Waals surface area contributed by atoms with Gasteiger partial charge in [0.1, 0.15) is 24.0 Å². The van der Waals surface area contributed by atoms with Crippen LogP contribution in [0.3, 0.4) is 0 Å². The quantitative estimate of drug-likeness (QED) is 0.0980. The lowest BCUT2D eigenvalue weighted by Gasteiger charge is -2.13.